The zero-order chi connectivity index (χ0) is 14.5. The van der Waals surface area contributed by atoms with Crippen molar-refractivity contribution in [3.8, 4) is 16.5 Å². The summed E-state index contributed by atoms with van der Waals surface area (Å²) >= 11 is 7.69. The van der Waals surface area contributed by atoms with Crippen molar-refractivity contribution < 1.29 is 9.30 Å². The standard InChI is InChI=1S/C13H17ClN4OS/c1-4-5-6-15-13-17-16-12(20-13)9-7-10(14)18(2)11(8-9)19-3/h7-8H,4-6H2,1-3H3/p+1. The van der Waals surface area contributed by atoms with E-state index in [1.165, 1.54) is 11.3 Å². The number of halogens is 1. The molecule has 2 heterocycles. The normalized spacial score (nSPS) is 10.6. The van der Waals surface area contributed by atoms with Crippen LogP contribution in [-0.2, 0) is 7.05 Å². The smallest absolute Gasteiger partial charge is 0.369 e. The number of aromatic nitrogens is 3. The predicted octanol–water partition coefficient (Wildman–Crippen LogP) is 2.90. The minimum atomic E-state index is 0.593. The van der Waals surface area contributed by atoms with E-state index < -0.39 is 0 Å². The maximum Gasteiger partial charge on any atom is 0.369 e. The van der Waals surface area contributed by atoms with Crippen LogP contribution in [0.4, 0.5) is 5.13 Å². The van der Waals surface area contributed by atoms with Crippen LogP contribution in [0.15, 0.2) is 12.1 Å². The van der Waals surface area contributed by atoms with Gasteiger partial charge in [-0.1, -0.05) is 24.7 Å². The first-order chi connectivity index (χ1) is 9.65. The Bertz CT molecular complexity index is 588. The number of pyridine rings is 1. The summed E-state index contributed by atoms with van der Waals surface area (Å²) in [5, 5.41) is 13.8. The molecule has 0 amide bonds. The first kappa shape index (κ1) is 15.0. The van der Waals surface area contributed by atoms with Crippen molar-refractivity contribution in [3.63, 3.8) is 0 Å². The van der Waals surface area contributed by atoms with E-state index in [1.807, 2.05) is 19.2 Å². The van der Waals surface area contributed by atoms with Crippen LogP contribution in [0.1, 0.15) is 19.8 Å². The van der Waals surface area contributed by atoms with Crippen molar-refractivity contribution in [2.75, 3.05) is 19.0 Å². The average molecular weight is 314 g/mol. The lowest BCUT2D eigenvalue weighted by Crippen LogP contribution is -2.31. The maximum absolute atomic E-state index is 6.18. The highest BCUT2D eigenvalue weighted by molar-refractivity contribution is 7.18. The lowest BCUT2D eigenvalue weighted by Gasteiger charge is -2.01. The molecule has 7 heteroatoms. The Balaban J connectivity index is 2.21. The summed E-state index contributed by atoms with van der Waals surface area (Å²) in [5.41, 5.74) is 0.908. The van der Waals surface area contributed by atoms with Crippen LogP contribution in [0.5, 0.6) is 5.88 Å². The van der Waals surface area contributed by atoms with Gasteiger partial charge >= 0.3 is 5.88 Å². The van der Waals surface area contributed by atoms with E-state index in [1.54, 1.807) is 11.7 Å². The highest BCUT2D eigenvalue weighted by Crippen LogP contribution is 2.29. The largest absolute Gasteiger partial charge is 0.448 e. The number of hydrogen-bond acceptors (Lipinski definition) is 5. The third-order valence-electron chi connectivity index (χ3n) is 2.89. The Morgan fingerprint density at radius 1 is 1.40 bits per heavy atom. The lowest BCUT2D eigenvalue weighted by molar-refractivity contribution is -0.674. The summed E-state index contributed by atoms with van der Waals surface area (Å²) in [6.45, 7) is 3.07. The van der Waals surface area contributed by atoms with Gasteiger partial charge in [-0.2, -0.15) is 4.57 Å². The highest BCUT2D eigenvalue weighted by Gasteiger charge is 2.17. The van der Waals surface area contributed by atoms with E-state index in [-0.39, 0.29) is 0 Å². The van der Waals surface area contributed by atoms with Crippen LogP contribution in [0, 0.1) is 0 Å². The molecular formula is C13H18ClN4OS+. The minimum Gasteiger partial charge on any atom is -0.448 e. The Labute approximate surface area is 127 Å². The summed E-state index contributed by atoms with van der Waals surface area (Å²) in [5.74, 6) is 0.684. The molecule has 0 aromatic carbocycles. The van der Waals surface area contributed by atoms with Gasteiger partial charge in [0.15, 0.2) is 0 Å². The van der Waals surface area contributed by atoms with Crippen molar-refractivity contribution in [2.24, 2.45) is 7.05 Å². The molecule has 0 atom stereocenters. The molecule has 2 aromatic heterocycles. The molecule has 0 spiro atoms. The maximum atomic E-state index is 6.18. The molecule has 108 valence electrons. The fraction of sp³-hybridized carbons (Fsp3) is 0.462. The first-order valence-electron chi connectivity index (χ1n) is 6.47. The predicted molar refractivity (Wildman–Crippen MR) is 81.5 cm³/mol. The SMILES string of the molecule is CCCCNc1nnc(-c2cc(Cl)[n+](C)c(OC)c2)s1. The van der Waals surface area contributed by atoms with Crippen molar-refractivity contribution in [1.29, 1.82) is 0 Å². The van der Waals surface area contributed by atoms with Crippen LogP contribution in [0.3, 0.4) is 0 Å². The molecule has 2 rings (SSSR count). The number of rotatable bonds is 6. The highest BCUT2D eigenvalue weighted by atomic mass is 35.5. The van der Waals surface area contributed by atoms with Crippen LogP contribution in [0.25, 0.3) is 10.6 Å². The molecule has 0 radical (unpaired) electrons. The van der Waals surface area contributed by atoms with E-state index in [0.29, 0.717) is 11.0 Å². The fourth-order valence-corrected chi connectivity index (χ4v) is 2.66. The van der Waals surface area contributed by atoms with Gasteiger partial charge < -0.3 is 10.1 Å². The second-order valence-corrected chi connectivity index (χ2v) is 5.73. The summed E-state index contributed by atoms with van der Waals surface area (Å²) in [7, 11) is 3.47. The quantitative estimate of drug-likeness (QED) is 0.506. The molecule has 1 N–H and O–H groups in total. The van der Waals surface area contributed by atoms with Gasteiger partial charge in [-0.05, 0) is 18.0 Å². The van der Waals surface area contributed by atoms with Crippen LogP contribution < -0.4 is 14.6 Å². The number of nitrogens with one attached hydrogen (secondary N) is 1. The van der Waals surface area contributed by atoms with Gasteiger partial charge in [-0.25, -0.2) is 0 Å². The summed E-state index contributed by atoms with van der Waals surface area (Å²) in [6, 6.07) is 3.77. The number of ether oxygens (including phenoxy) is 1. The van der Waals surface area contributed by atoms with Crippen molar-refractivity contribution in [1.82, 2.24) is 10.2 Å². The zero-order valence-electron chi connectivity index (χ0n) is 11.8. The first-order valence-corrected chi connectivity index (χ1v) is 7.66. The molecule has 0 saturated carbocycles. The second kappa shape index (κ2) is 6.85. The van der Waals surface area contributed by atoms with Crippen molar-refractivity contribution in [2.45, 2.75) is 19.8 Å². The van der Waals surface area contributed by atoms with Gasteiger partial charge in [-0.3, -0.25) is 0 Å². The van der Waals surface area contributed by atoms with Gasteiger partial charge in [0.25, 0.3) is 5.15 Å². The van der Waals surface area contributed by atoms with Crippen molar-refractivity contribution in [3.05, 3.63) is 17.3 Å². The van der Waals surface area contributed by atoms with Gasteiger partial charge in [0.1, 0.15) is 12.1 Å². The van der Waals surface area contributed by atoms with Crippen LogP contribution >= 0.6 is 22.9 Å². The van der Waals surface area contributed by atoms with E-state index in [4.69, 9.17) is 16.3 Å². The molecule has 0 bridgehead atoms. The second-order valence-electron chi connectivity index (χ2n) is 4.36. The molecule has 0 aliphatic rings. The number of nitrogens with zero attached hydrogens (tertiary/aromatic N) is 3. The van der Waals surface area contributed by atoms with Gasteiger partial charge in [0.05, 0.1) is 13.2 Å². The number of methoxy groups -OCH3 is 1. The lowest BCUT2D eigenvalue weighted by atomic mass is 10.3. The third-order valence-corrected chi connectivity index (χ3v) is 4.18. The Morgan fingerprint density at radius 2 is 2.20 bits per heavy atom. The van der Waals surface area contributed by atoms with Crippen LogP contribution in [0.2, 0.25) is 5.15 Å². The topological polar surface area (TPSA) is 50.9 Å². The third kappa shape index (κ3) is 3.37. The van der Waals surface area contributed by atoms with Crippen molar-refractivity contribution >= 4 is 28.1 Å². The molecular weight excluding hydrogens is 296 g/mol. The molecule has 20 heavy (non-hydrogen) atoms. The minimum absolute atomic E-state index is 0.593. The molecule has 0 aliphatic heterocycles. The summed E-state index contributed by atoms with van der Waals surface area (Å²) in [4.78, 5) is 0. The Kier molecular flexibility index (Phi) is 5.14. The molecule has 0 unspecified atom stereocenters. The Morgan fingerprint density at radius 3 is 2.90 bits per heavy atom. The fourth-order valence-electron chi connectivity index (χ4n) is 1.70. The zero-order valence-corrected chi connectivity index (χ0v) is 13.4. The Hall–Kier alpha value is -1.40. The van der Waals surface area contributed by atoms with E-state index in [9.17, 15) is 0 Å². The molecule has 0 fully saturated rings. The van der Waals surface area contributed by atoms with Crippen LogP contribution in [-0.4, -0.2) is 23.9 Å². The van der Waals surface area contributed by atoms with E-state index in [2.05, 4.69) is 22.4 Å². The van der Waals surface area contributed by atoms with Gasteiger partial charge in [0, 0.05) is 18.2 Å². The number of anilines is 1. The summed E-state index contributed by atoms with van der Waals surface area (Å²) < 4.78 is 7.06. The monoisotopic (exact) mass is 313 g/mol. The number of hydrogen-bond donors (Lipinski definition) is 1. The number of unbranched alkanes of at least 4 members (excludes halogenated alkanes) is 1. The van der Waals surface area contributed by atoms with Gasteiger partial charge in [0.2, 0.25) is 5.13 Å². The van der Waals surface area contributed by atoms with Gasteiger partial charge in [-0.15, -0.1) is 10.2 Å². The molecule has 5 nitrogen and oxygen atoms in total. The average Bonchev–Trinajstić information content (AvgIpc) is 2.91. The molecule has 0 saturated heterocycles. The molecule has 0 aliphatic carbocycles. The van der Waals surface area contributed by atoms with E-state index >= 15 is 0 Å². The van der Waals surface area contributed by atoms with E-state index in [0.717, 1.165) is 35.1 Å². The summed E-state index contributed by atoms with van der Waals surface area (Å²) in [6.07, 6.45) is 2.27. The molecule has 2 aromatic rings.